The van der Waals surface area contributed by atoms with E-state index in [1.165, 1.54) is 19.6 Å². The lowest BCUT2D eigenvalue weighted by molar-refractivity contribution is 1.16. The largest absolute Gasteiger partial charge is 0.265 e. The van der Waals surface area contributed by atoms with Crippen LogP contribution in [0.5, 0.6) is 0 Å². The Morgan fingerprint density at radius 3 is 1.15 bits per heavy atom. The first-order valence-corrected chi connectivity index (χ1v) is 7.95. The molecule has 1 aliphatic heterocycles. The lowest BCUT2D eigenvalue weighted by Crippen LogP contribution is -1.87. The van der Waals surface area contributed by atoms with Gasteiger partial charge < -0.3 is 0 Å². The van der Waals surface area contributed by atoms with Gasteiger partial charge in [-0.15, -0.1) is 0 Å². The summed E-state index contributed by atoms with van der Waals surface area (Å²) in [6.45, 7) is 0. The normalized spacial score (nSPS) is 11.6. The topological polar surface area (TPSA) is 12.9 Å². The molecule has 0 radical (unpaired) electrons. The summed E-state index contributed by atoms with van der Waals surface area (Å²) in [5.41, 5.74) is 0. The maximum Gasteiger partial charge on any atom is 0.0267 e. The molecule has 0 saturated heterocycles. The van der Waals surface area contributed by atoms with Crippen LogP contribution in [0.3, 0.4) is 0 Å². The van der Waals surface area contributed by atoms with Crippen molar-refractivity contribution in [3.63, 3.8) is 0 Å². The van der Waals surface area contributed by atoms with E-state index in [1.54, 1.807) is 12.4 Å². The molecule has 0 spiro atoms. The van der Waals surface area contributed by atoms with Crippen LogP contribution in [0.25, 0.3) is 0 Å². The van der Waals surface area contributed by atoms with Gasteiger partial charge in [-0.05, 0) is 36.4 Å². The molecule has 2 heterocycles. The quantitative estimate of drug-likeness (QED) is 0.432. The highest BCUT2D eigenvalue weighted by Crippen LogP contribution is 2.47. The predicted molar refractivity (Wildman–Crippen MR) is 85.4 cm³/mol. The number of pyridine rings is 1. The van der Waals surface area contributed by atoms with E-state index in [0.29, 0.717) is 0 Å². The second-order valence-corrected chi connectivity index (χ2v) is 6.29. The zero-order valence-electron chi connectivity index (χ0n) is 10.8. The number of aromatic nitrogens is 1. The molecule has 1 aromatic heterocycles. The molecule has 98 valence electrons. The van der Waals surface area contributed by atoms with Crippen LogP contribution in [0.2, 0.25) is 0 Å². The second-order valence-electron chi connectivity index (χ2n) is 4.12. The monoisotopic (exact) mass is 295 g/mol. The third-order valence-corrected chi connectivity index (χ3v) is 5.27. The molecule has 0 amide bonds. The van der Waals surface area contributed by atoms with Gasteiger partial charge in [-0.1, -0.05) is 53.9 Å². The first-order valence-electron chi connectivity index (χ1n) is 6.32. The van der Waals surface area contributed by atoms with E-state index in [0.717, 1.165) is 0 Å². The van der Waals surface area contributed by atoms with Crippen LogP contribution in [0, 0.1) is 0 Å². The maximum absolute atomic E-state index is 3.78. The van der Waals surface area contributed by atoms with Gasteiger partial charge in [0.2, 0.25) is 0 Å². The smallest absolute Gasteiger partial charge is 0.0267 e. The van der Waals surface area contributed by atoms with E-state index >= 15 is 0 Å². The molecule has 0 aliphatic carbocycles. The van der Waals surface area contributed by atoms with E-state index in [2.05, 4.69) is 53.5 Å². The van der Waals surface area contributed by atoms with Gasteiger partial charge in [-0.25, -0.2) is 0 Å². The Bertz CT molecular complexity index is 569. The highest BCUT2D eigenvalue weighted by atomic mass is 32.2. The Morgan fingerprint density at radius 2 is 0.900 bits per heavy atom. The summed E-state index contributed by atoms with van der Waals surface area (Å²) in [5.74, 6) is 0. The molecule has 0 saturated carbocycles. The number of fused-ring (bicyclic) bond motifs is 2. The minimum Gasteiger partial charge on any atom is -0.265 e. The van der Waals surface area contributed by atoms with Crippen molar-refractivity contribution in [1.29, 1.82) is 0 Å². The van der Waals surface area contributed by atoms with Gasteiger partial charge >= 0.3 is 0 Å². The average Bonchev–Trinajstić information content (AvgIpc) is 2.55. The first kappa shape index (κ1) is 13.3. The van der Waals surface area contributed by atoms with Crippen LogP contribution < -0.4 is 0 Å². The van der Waals surface area contributed by atoms with Crippen LogP contribution in [0.15, 0.2) is 98.7 Å². The van der Waals surface area contributed by atoms with Crippen LogP contribution in [-0.2, 0) is 0 Å². The molecule has 4 rings (SSSR count). The van der Waals surface area contributed by atoms with Crippen molar-refractivity contribution in [3.05, 3.63) is 79.1 Å². The minimum atomic E-state index is 1.37. The second kappa shape index (κ2) is 6.64. The lowest BCUT2D eigenvalue weighted by Gasteiger charge is -2.17. The van der Waals surface area contributed by atoms with Gasteiger partial charge in [0.15, 0.2) is 0 Å². The van der Waals surface area contributed by atoms with Gasteiger partial charge in [0.05, 0.1) is 0 Å². The zero-order valence-corrected chi connectivity index (χ0v) is 12.4. The van der Waals surface area contributed by atoms with E-state index in [1.807, 2.05) is 41.7 Å². The molecule has 1 nitrogen and oxygen atoms in total. The van der Waals surface area contributed by atoms with Gasteiger partial charge in [0.1, 0.15) is 0 Å². The molecule has 0 bridgehead atoms. The molecule has 1 aliphatic rings. The van der Waals surface area contributed by atoms with Gasteiger partial charge in [-0.2, -0.15) is 0 Å². The average molecular weight is 295 g/mol. The van der Waals surface area contributed by atoms with Crippen molar-refractivity contribution in [2.24, 2.45) is 0 Å². The zero-order chi connectivity index (χ0) is 13.6. The van der Waals surface area contributed by atoms with Crippen molar-refractivity contribution in [1.82, 2.24) is 4.98 Å². The highest BCUT2D eigenvalue weighted by molar-refractivity contribution is 8.05. The molecule has 0 fully saturated rings. The molecule has 3 heteroatoms. The Morgan fingerprint density at radius 1 is 0.500 bits per heavy atom. The van der Waals surface area contributed by atoms with Crippen LogP contribution >= 0.6 is 23.5 Å². The van der Waals surface area contributed by atoms with Crippen LogP contribution in [0.1, 0.15) is 0 Å². The number of hydrogen-bond acceptors (Lipinski definition) is 3. The maximum atomic E-state index is 3.78. The Kier molecular flexibility index (Phi) is 4.41. The number of benzene rings is 2. The van der Waals surface area contributed by atoms with E-state index in [4.69, 9.17) is 0 Å². The standard InChI is InChI=1S/C12H8S2.C5H5N/c1-2-6-10-9(5-1)13-11-7-3-4-8-12(11)14-10;1-2-4-6-5-3-1/h1-8H;1-5H. The SMILES string of the molecule is c1ccc2c(c1)Sc1ccccc1S2.c1ccncc1. The minimum absolute atomic E-state index is 1.37. The van der Waals surface area contributed by atoms with Crippen LogP contribution in [0.4, 0.5) is 0 Å². The summed E-state index contributed by atoms with van der Waals surface area (Å²) in [6, 6.07) is 22.8. The summed E-state index contributed by atoms with van der Waals surface area (Å²) in [5, 5.41) is 0. The summed E-state index contributed by atoms with van der Waals surface area (Å²) in [7, 11) is 0. The summed E-state index contributed by atoms with van der Waals surface area (Å²) < 4.78 is 0. The Labute approximate surface area is 127 Å². The Balaban J connectivity index is 0.000000170. The third-order valence-electron chi connectivity index (χ3n) is 2.70. The highest BCUT2D eigenvalue weighted by Gasteiger charge is 2.14. The van der Waals surface area contributed by atoms with Crippen molar-refractivity contribution >= 4 is 23.5 Å². The van der Waals surface area contributed by atoms with E-state index in [9.17, 15) is 0 Å². The fraction of sp³-hybridized carbons (Fsp3) is 0. The predicted octanol–water partition coefficient (Wildman–Crippen LogP) is 5.38. The number of rotatable bonds is 0. The fourth-order valence-corrected chi connectivity index (χ4v) is 4.02. The molecular formula is C17H13NS2. The van der Waals surface area contributed by atoms with Crippen LogP contribution in [-0.4, -0.2) is 4.98 Å². The Hall–Kier alpha value is -1.71. The lowest BCUT2D eigenvalue weighted by atomic mass is 10.3. The van der Waals surface area contributed by atoms with E-state index < -0.39 is 0 Å². The van der Waals surface area contributed by atoms with Gasteiger partial charge in [0.25, 0.3) is 0 Å². The van der Waals surface area contributed by atoms with Crippen molar-refractivity contribution in [2.75, 3.05) is 0 Å². The molecule has 2 aromatic carbocycles. The first-order chi connectivity index (χ1) is 9.93. The summed E-state index contributed by atoms with van der Waals surface area (Å²) >= 11 is 3.72. The van der Waals surface area contributed by atoms with Gasteiger partial charge in [0, 0.05) is 32.0 Å². The molecular weight excluding hydrogens is 282 g/mol. The fourth-order valence-electron chi connectivity index (χ4n) is 1.79. The summed E-state index contributed by atoms with van der Waals surface area (Å²) in [6.07, 6.45) is 3.50. The third kappa shape index (κ3) is 3.24. The summed E-state index contributed by atoms with van der Waals surface area (Å²) in [4.78, 5) is 9.27. The molecule has 3 aromatic rings. The van der Waals surface area contributed by atoms with Gasteiger partial charge in [-0.3, -0.25) is 4.98 Å². The van der Waals surface area contributed by atoms with Crippen molar-refractivity contribution < 1.29 is 0 Å². The van der Waals surface area contributed by atoms with E-state index in [-0.39, 0.29) is 0 Å². The number of nitrogens with zero attached hydrogens (tertiary/aromatic N) is 1. The molecule has 0 atom stereocenters. The van der Waals surface area contributed by atoms with Crippen molar-refractivity contribution in [2.45, 2.75) is 19.6 Å². The number of hydrogen-bond donors (Lipinski definition) is 0. The van der Waals surface area contributed by atoms with Crippen molar-refractivity contribution in [3.8, 4) is 0 Å². The molecule has 0 N–H and O–H groups in total. The molecule has 0 unspecified atom stereocenters. The molecule has 20 heavy (non-hydrogen) atoms.